The zero-order chi connectivity index (χ0) is 15.9. The van der Waals surface area contributed by atoms with Gasteiger partial charge in [-0.3, -0.25) is 9.59 Å². The molecule has 5 heteroatoms. The highest BCUT2D eigenvalue weighted by Crippen LogP contribution is 2.26. The molecule has 5 nitrogen and oxygen atoms in total. The third kappa shape index (κ3) is 5.44. The number of likely N-dealkylation sites (tertiary alicyclic amines) is 1. The third-order valence-electron chi connectivity index (χ3n) is 4.35. The van der Waals surface area contributed by atoms with Crippen LogP contribution in [-0.2, 0) is 19.1 Å². The van der Waals surface area contributed by atoms with E-state index in [4.69, 9.17) is 9.47 Å². The van der Waals surface area contributed by atoms with Gasteiger partial charge in [-0.15, -0.1) is 0 Å². The van der Waals surface area contributed by atoms with Crippen molar-refractivity contribution in [2.24, 2.45) is 0 Å². The minimum Gasteiger partial charge on any atom is -0.458 e. The predicted octanol–water partition coefficient (Wildman–Crippen LogP) is 2.45. The van der Waals surface area contributed by atoms with Crippen LogP contribution in [0.15, 0.2) is 11.6 Å². The average molecular weight is 309 g/mol. The quantitative estimate of drug-likeness (QED) is 0.577. The molecule has 0 radical (unpaired) electrons. The Balaban J connectivity index is 1.87. The van der Waals surface area contributed by atoms with Gasteiger partial charge in [0.05, 0.1) is 0 Å². The van der Waals surface area contributed by atoms with Crippen molar-refractivity contribution in [1.29, 1.82) is 0 Å². The first-order valence-electron chi connectivity index (χ1n) is 8.29. The number of nitrogens with zero attached hydrogens (tertiary/aromatic N) is 1. The zero-order valence-electron chi connectivity index (χ0n) is 13.7. The molecule has 0 aromatic rings. The first-order valence-corrected chi connectivity index (χ1v) is 8.29. The van der Waals surface area contributed by atoms with Crippen molar-refractivity contribution in [2.45, 2.75) is 64.6 Å². The molecular formula is C17H27NO4. The first-order chi connectivity index (χ1) is 10.5. The molecule has 1 saturated heterocycles. The van der Waals surface area contributed by atoms with Gasteiger partial charge in [-0.05, 0) is 32.4 Å². The normalized spacial score (nSPS) is 26.2. The van der Waals surface area contributed by atoms with E-state index in [-0.39, 0.29) is 24.1 Å². The van der Waals surface area contributed by atoms with Gasteiger partial charge in [0, 0.05) is 33.2 Å². The number of piperidine rings is 1. The van der Waals surface area contributed by atoms with Gasteiger partial charge in [0.2, 0.25) is 0 Å². The van der Waals surface area contributed by atoms with Gasteiger partial charge >= 0.3 is 11.9 Å². The molecule has 0 amide bonds. The van der Waals surface area contributed by atoms with E-state index < -0.39 is 0 Å². The summed E-state index contributed by atoms with van der Waals surface area (Å²) in [6.07, 6.45) is 7.70. The second kappa shape index (κ2) is 8.32. The summed E-state index contributed by atoms with van der Waals surface area (Å²) in [6, 6.07) is 0. The van der Waals surface area contributed by atoms with Crippen molar-refractivity contribution in [3.8, 4) is 0 Å². The summed E-state index contributed by atoms with van der Waals surface area (Å²) in [5, 5.41) is 0. The molecule has 2 rings (SSSR count). The van der Waals surface area contributed by atoms with Crippen LogP contribution < -0.4 is 0 Å². The molecule has 0 aromatic heterocycles. The fourth-order valence-corrected chi connectivity index (χ4v) is 3.26. The smallest absolute Gasteiger partial charge is 0.303 e. The van der Waals surface area contributed by atoms with Gasteiger partial charge in [0.25, 0.3) is 0 Å². The maximum atomic E-state index is 11.3. The van der Waals surface area contributed by atoms with E-state index in [0.717, 1.165) is 13.0 Å². The molecule has 1 aliphatic heterocycles. The van der Waals surface area contributed by atoms with Crippen molar-refractivity contribution in [2.75, 3.05) is 19.6 Å². The van der Waals surface area contributed by atoms with Gasteiger partial charge in [0.15, 0.2) is 0 Å². The fourth-order valence-electron chi connectivity index (χ4n) is 3.26. The SMILES string of the molecule is CC(=O)OC1CC=C(CCN2CCCCC2)CC1OC(C)=O. The molecule has 22 heavy (non-hydrogen) atoms. The molecule has 124 valence electrons. The van der Waals surface area contributed by atoms with E-state index in [1.165, 1.54) is 51.8 Å². The molecule has 2 unspecified atom stereocenters. The van der Waals surface area contributed by atoms with Crippen molar-refractivity contribution >= 4 is 11.9 Å². The Labute approximate surface area is 132 Å². The van der Waals surface area contributed by atoms with Gasteiger partial charge in [-0.25, -0.2) is 0 Å². The highest BCUT2D eigenvalue weighted by Gasteiger charge is 2.30. The van der Waals surface area contributed by atoms with E-state index >= 15 is 0 Å². The molecule has 1 heterocycles. The van der Waals surface area contributed by atoms with Gasteiger partial charge in [-0.2, -0.15) is 0 Å². The number of hydrogen-bond acceptors (Lipinski definition) is 5. The number of esters is 2. The molecule has 0 N–H and O–H groups in total. The Morgan fingerprint density at radius 3 is 2.36 bits per heavy atom. The van der Waals surface area contributed by atoms with Crippen molar-refractivity contribution in [3.63, 3.8) is 0 Å². The van der Waals surface area contributed by atoms with E-state index in [1.54, 1.807) is 0 Å². The molecule has 0 saturated carbocycles. The number of rotatable bonds is 5. The van der Waals surface area contributed by atoms with Crippen LogP contribution >= 0.6 is 0 Å². The monoisotopic (exact) mass is 309 g/mol. The van der Waals surface area contributed by atoms with Gasteiger partial charge in [0.1, 0.15) is 12.2 Å². The molecular weight excluding hydrogens is 282 g/mol. The first kappa shape index (κ1) is 17.0. The Morgan fingerprint density at radius 1 is 1.09 bits per heavy atom. The lowest BCUT2D eigenvalue weighted by Gasteiger charge is -2.31. The Hall–Kier alpha value is -1.36. The lowest BCUT2D eigenvalue weighted by atomic mass is 9.92. The number of hydrogen-bond donors (Lipinski definition) is 0. The van der Waals surface area contributed by atoms with Crippen LogP contribution in [0.4, 0.5) is 0 Å². The summed E-state index contributed by atoms with van der Waals surface area (Å²) in [5.41, 5.74) is 1.31. The van der Waals surface area contributed by atoms with Crippen LogP contribution in [-0.4, -0.2) is 48.7 Å². The van der Waals surface area contributed by atoms with E-state index in [1.807, 2.05) is 0 Å². The summed E-state index contributed by atoms with van der Waals surface area (Å²) in [6.45, 7) is 6.24. The minimum absolute atomic E-state index is 0.320. The second-order valence-electron chi connectivity index (χ2n) is 6.25. The van der Waals surface area contributed by atoms with Crippen LogP contribution in [0.25, 0.3) is 0 Å². The van der Waals surface area contributed by atoms with Crippen molar-refractivity contribution < 1.29 is 19.1 Å². The summed E-state index contributed by atoms with van der Waals surface area (Å²) >= 11 is 0. The molecule has 1 fully saturated rings. The fraction of sp³-hybridized carbons (Fsp3) is 0.765. The van der Waals surface area contributed by atoms with E-state index in [0.29, 0.717) is 12.8 Å². The largest absolute Gasteiger partial charge is 0.458 e. The third-order valence-corrected chi connectivity index (χ3v) is 4.35. The zero-order valence-corrected chi connectivity index (χ0v) is 13.7. The summed E-state index contributed by atoms with van der Waals surface area (Å²) in [5.74, 6) is -0.647. The predicted molar refractivity (Wildman–Crippen MR) is 83.3 cm³/mol. The second-order valence-corrected chi connectivity index (χ2v) is 6.25. The Morgan fingerprint density at radius 2 is 1.73 bits per heavy atom. The maximum Gasteiger partial charge on any atom is 0.303 e. The van der Waals surface area contributed by atoms with Crippen molar-refractivity contribution in [1.82, 2.24) is 4.90 Å². The molecule has 1 aliphatic carbocycles. The maximum absolute atomic E-state index is 11.3. The molecule has 0 bridgehead atoms. The lowest BCUT2D eigenvalue weighted by Crippen LogP contribution is -2.37. The minimum atomic E-state index is -0.347. The van der Waals surface area contributed by atoms with Gasteiger partial charge < -0.3 is 14.4 Å². The average Bonchev–Trinajstić information content (AvgIpc) is 2.47. The summed E-state index contributed by atoms with van der Waals surface area (Å²) in [4.78, 5) is 24.9. The van der Waals surface area contributed by atoms with E-state index in [9.17, 15) is 9.59 Å². The highest BCUT2D eigenvalue weighted by atomic mass is 16.6. The number of ether oxygens (including phenoxy) is 2. The standard InChI is InChI=1S/C17H27NO4/c1-13(19)21-16-7-6-15(12-17(16)22-14(2)20)8-11-18-9-4-3-5-10-18/h6,16-17H,3-5,7-12H2,1-2H3. The van der Waals surface area contributed by atoms with Crippen LogP contribution in [0.2, 0.25) is 0 Å². The van der Waals surface area contributed by atoms with Crippen molar-refractivity contribution in [3.05, 3.63) is 11.6 Å². The molecule has 2 atom stereocenters. The lowest BCUT2D eigenvalue weighted by molar-refractivity contribution is -0.165. The van der Waals surface area contributed by atoms with Crippen LogP contribution in [0.3, 0.4) is 0 Å². The van der Waals surface area contributed by atoms with Crippen LogP contribution in [0.1, 0.15) is 52.4 Å². The number of carbonyl (C=O) groups excluding carboxylic acids is 2. The summed E-state index contributed by atoms with van der Waals surface area (Å²) < 4.78 is 10.6. The highest BCUT2D eigenvalue weighted by molar-refractivity contribution is 5.67. The summed E-state index contributed by atoms with van der Waals surface area (Å²) in [7, 11) is 0. The van der Waals surface area contributed by atoms with Crippen LogP contribution in [0, 0.1) is 0 Å². The van der Waals surface area contributed by atoms with Gasteiger partial charge in [-0.1, -0.05) is 18.1 Å². The van der Waals surface area contributed by atoms with E-state index in [2.05, 4.69) is 11.0 Å². The molecule has 0 spiro atoms. The topological polar surface area (TPSA) is 55.8 Å². The van der Waals surface area contributed by atoms with Crippen LogP contribution in [0.5, 0.6) is 0 Å². The molecule has 0 aromatic carbocycles. The Bertz CT molecular complexity index is 426. The number of carbonyl (C=O) groups is 2. The molecule has 2 aliphatic rings. The Kier molecular flexibility index (Phi) is 6.43.